The lowest BCUT2D eigenvalue weighted by atomic mass is 10.3. The van der Waals surface area contributed by atoms with Crippen LogP contribution in [0.2, 0.25) is 0 Å². The van der Waals surface area contributed by atoms with E-state index in [0.717, 1.165) is 31.0 Å². The first-order chi connectivity index (χ1) is 9.81. The number of carbonyl (C=O) groups is 1. The lowest BCUT2D eigenvalue weighted by molar-refractivity contribution is -0.118. The van der Waals surface area contributed by atoms with Crippen molar-refractivity contribution in [3.63, 3.8) is 0 Å². The molecule has 0 spiro atoms. The lowest BCUT2D eigenvalue weighted by Gasteiger charge is -2.05. The molecule has 1 aliphatic carbocycles. The van der Waals surface area contributed by atoms with Crippen LogP contribution in [0.5, 0.6) is 0 Å². The first-order valence-electron chi connectivity index (χ1n) is 6.63. The van der Waals surface area contributed by atoms with E-state index in [1.165, 1.54) is 16.6 Å². The molecule has 1 amide bonds. The zero-order valence-corrected chi connectivity index (χ0v) is 12.6. The van der Waals surface area contributed by atoms with E-state index in [2.05, 4.69) is 33.0 Å². The minimum Gasteiger partial charge on any atom is -0.353 e. The Balaban J connectivity index is 1.49. The van der Waals surface area contributed by atoms with Gasteiger partial charge in [0.15, 0.2) is 5.16 Å². The highest BCUT2D eigenvalue weighted by Gasteiger charge is 2.23. The van der Waals surface area contributed by atoms with Crippen LogP contribution < -0.4 is 5.32 Å². The molecule has 106 valence electrons. The molecule has 1 fully saturated rings. The maximum absolute atomic E-state index is 11.7. The van der Waals surface area contributed by atoms with Crippen molar-refractivity contribution in [2.24, 2.45) is 0 Å². The summed E-state index contributed by atoms with van der Waals surface area (Å²) in [5, 5.41) is 13.9. The first kappa shape index (κ1) is 13.6. The molecule has 0 atom stereocenters. The van der Waals surface area contributed by atoms with Crippen LogP contribution >= 0.6 is 23.1 Å². The number of amides is 1. The van der Waals surface area contributed by atoms with Crippen molar-refractivity contribution < 1.29 is 4.79 Å². The van der Waals surface area contributed by atoms with Crippen molar-refractivity contribution >= 4 is 29.0 Å². The number of nitrogens with zero attached hydrogens (tertiary/aromatic N) is 3. The molecule has 0 aromatic carbocycles. The standard InChI is InChI=1S/C13H16N4OS2/c18-12(15-10-3-4-10)8-20-13-16-14-9-17(13)6-5-11-2-1-7-19-11/h1-2,7,9-10H,3-6,8H2,(H,15,18). The zero-order valence-electron chi connectivity index (χ0n) is 11.0. The molecule has 3 rings (SSSR count). The normalized spacial score (nSPS) is 14.4. The summed E-state index contributed by atoms with van der Waals surface area (Å²) in [6, 6.07) is 4.61. The van der Waals surface area contributed by atoms with E-state index >= 15 is 0 Å². The molecule has 0 saturated heterocycles. The Morgan fingerprint density at radius 1 is 1.55 bits per heavy atom. The third-order valence-electron chi connectivity index (χ3n) is 3.03. The number of aromatic nitrogens is 3. The van der Waals surface area contributed by atoms with Gasteiger partial charge in [0.2, 0.25) is 5.91 Å². The van der Waals surface area contributed by atoms with E-state index in [4.69, 9.17) is 0 Å². The second-order valence-electron chi connectivity index (χ2n) is 4.77. The summed E-state index contributed by atoms with van der Waals surface area (Å²) in [6.45, 7) is 0.847. The molecule has 1 aliphatic rings. The summed E-state index contributed by atoms with van der Waals surface area (Å²) in [5.74, 6) is 0.499. The number of hydrogen-bond acceptors (Lipinski definition) is 5. The van der Waals surface area contributed by atoms with Gasteiger partial charge in [0.25, 0.3) is 0 Å². The number of hydrogen-bond donors (Lipinski definition) is 1. The van der Waals surface area contributed by atoms with Gasteiger partial charge in [-0.15, -0.1) is 21.5 Å². The van der Waals surface area contributed by atoms with Gasteiger partial charge in [-0.2, -0.15) is 0 Å². The van der Waals surface area contributed by atoms with Crippen LogP contribution in [0.4, 0.5) is 0 Å². The molecule has 2 aromatic rings. The quantitative estimate of drug-likeness (QED) is 0.794. The molecule has 0 radical (unpaired) electrons. The Hall–Kier alpha value is -1.34. The molecule has 2 heterocycles. The molecule has 1 saturated carbocycles. The van der Waals surface area contributed by atoms with Crippen molar-refractivity contribution in [2.45, 2.75) is 37.0 Å². The lowest BCUT2D eigenvalue weighted by Crippen LogP contribution is -2.27. The molecule has 0 bridgehead atoms. The summed E-state index contributed by atoms with van der Waals surface area (Å²) >= 11 is 3.21. The van der Waals surface area contributed by atoms with E-state index in [-0.39, 0.29) is 5.91 Å². The average Bonchev–Trinajstić information content (AvgIpc) is 2.95. The fourth-order valence-corrected chi connectivity index (χ4v) is 3.27. The molecule has 20 heavy (non-hydrogen) atoms. The predicted octanol–water partition coefficient (Wildman–Crippen LogP) is 1.95. The van der Waals surface area contributed by atoms with Crippen molar-refractivity contribution in [3.05, 3.63) is 28.7 Å². The van der Waals surface area contributed by atoms with Crippen LogP contribution in [-0.4, -0.2) is 32.5 Å². The van der Waals surface area contributed by atoms with Crippen molar-refractivity contribution in [3.8, 4) is 0 Å². The summed E-state index contributed by atoms with van der Waals surface area (Å²) < 4.78 is 2.01. The van der Waals surface area contributed by atoms with Gasteiger partial charge in [0.1, 0.15) is 6.33 Å². The number of thiophene rings is 1. The van der Waals surface area contributed by atoms with Gasteiger partial charge in [0, 0.05) is 17.5 Å². The maximum Gasteiger partial charge on any atom is 0.230 e. The minimum absolute atomic E-state index is 0.0882. The summed E-state index contributed by atoms with van der Waals surface area (Å²) in [4.78, 5) is 13.0. The maximum atomic E-state index is 11.7. The Labute approximate surface area is 125 Å². The van der Waals surface area contributed by atoms with Crippen LogP contribution in [0.25, 0.3) is 0 Å². The van der Waals surface area contributed by atoms with Gasteiger partial charge in [-0.3, -0.25) is 4.79 Å². The molecule has 0 unspecified atom stereocenters. The van der Waals surface area contributed by atoms with Crippen molar-refractivity contribution in [1.29, 1.82) is 0 Å². The zero-order chi connectivity index (χ0) is 13.8. The van der Waals surface area contributed by atoms with E-state index in [1.54, 1.807) is 17.7 Å². The average molecular weight is 308 g/mol. The monoisotopic (exact) mass is 308 g/mol. The SMILES string of the molecule is O=C(CSc1nncn1CCc1cccs1)NC1CC1. The Morgan fingerprint density at radius 2 is 2.45 bits per heavy atom. The van der Waals surface area contributed by atoms with E-state index in [9.17, 15) is 4.79 Å². The van der Waals surface area contributed by atoms with Crippen LogP contribution in [0.1, 0.15) is 17.7 Å². The molecule has 1 N–H and O–H groups in total. The third-order valence-corrected chi connectivity index (χ3v) is 4.95. The Bertz CT molecular complexity index is 563. The van der Waals surface area contributed by atoms with Gasteiger partial charge >= 0.3 is 0 Å². The number of carbonyl (C=O) groups excluding carboxylic acids is 1. The predicted molar refractivity (Wildman–Crippen MR) is 79.9 cm³/mol. The second-order valence-corrected chi connectivity index (χ2v) is 6.74. The highest BCUT2D eigenvalue weighted by Crippen LogP contribution is 2.20. The van der Waals surface area contributed by atoms with Gasteiger partial charge < -0.3 is 9.88 Å². The van der Waals surface area contributed by atoms with E-state index in [1.807, 2.05) is 4.57 Å². The number of aryl methyl sites for hydroxylation is 2. The van der Waals surface area contributed by atoms with E-state index < -0.39 is 0 Å². The van der Waals surface area contributed by atoms with Crippen molar-refractivity contribution in [2.75, 3.05) is 5.75 Å². The number of thioether (sulfide) groups is 1. The minimum atomic E-state index is 0.0882. The molecular weight excluding hydrogens is 292 g/mol. The molecule has 2 aromatic heterocycles. The van der Waals surface area contributed by atoms with E-state index in [0.29, 0.717) is 11.8 Å². The fraction of sp³-hybridized carbons (Fsp3) is 0.462. The van der Waals surface area contributed by atoms with Crippen molar-refractivity contribution in [1.82, 2.24) is 20.1 Å². The number of nitrogens with one attached hydrogen (secondary N) is 1. The summed E-state index contributed by atoms with van der Waals surface area (Å²) in [6.07, 6.45) is 4.94. The molecule has 7 heteroatoms. The first-order valence-corrected chi connectivity index (χ1v) is 8.50. The van der Waals surface area contributed by atoms with Gasteiger partial charge in [-0.05, 0) is 30.7 Å². The van der Waals surface area contributed by atoms with Crippen LogP contribution in [-0.2, 0) is 17.8 Å². The molecular formula is C13H16N4OS2. The van der Waals surface area contributed by atoms with Crippen LogP contribution in [0.3, 0.4) is 0 Å². The fourth-order valence-electron chi connectivity index (χ4n) is 1.82. The number of rotatable bonds is 7. The molecule has 5 nitrogen and oxygen atoms in total. The Morgan fingerprint density at radius 3 is 3.20 bits per heavy atom. The van der Waals surface area contributed by atoms with Gasteiger partial charge in [-0.25, -0.2) is 0 Å². The van der Waals surface area contributed by atoms with Gasteiger partial charge in [-0.1, -0.05) is 17.8 Å². The largest absolute Gasteiger partial charge is 0.353 e. The summed E-state index contributed by atoms with van der Waals surface area (Å²) in [5.41, 5.74) is 0. The highest BCUT2D eigenvalue weighted by molar-refractivity contribution is 7.99. The highest BCUT2D eigenvalue weighted by atomic mass is 32.2. The smallest absolute Gasteiger partial charge is 0.230 e. The third kappa shape index (κ3) is 3.83. The second kappa shape index (κ2) is 6.41. The van der Waals surface area contributed by atoms with Crippen LogP contribution in [0.15, 0.2) is 29.0 Å². The molecule has 0 aliphatic heterocycles. The summed E-state index contributed by atoms with van der Waals surface area (Å²) in [7, 11) is 0. The Kier molecular flexibility index (Phi) is 4.37. The van der Waals surface area contributed by atoms with Gasteiger partial charge in [0.05, 0.1) is 5.75 Å². The van der Waals surface area contributed by atoms with Crippen LogP contribution in [0, 0.1) is 0 Å². The topological polar surface area (TPSA) is 59.8 Å².